The highest BCUT2D eigenvalue weighted by atomic mass is 15.6. The number of nitrogens with two attached hydrogens (primary N) is 1. The molecule has 0 atom stereocenters. The molecule has 140 valence electrons. The number of aromatic nitrogens is 4. The summed E-state index contributed by atoms with van der Waals surface area (Å²) in [6.07, 6.45) is 6.42. The lowest BCUT2D eigenvalue weighted by Crippen LogP contribution is -2.19. The first-order valence-electron chi connectivity index (χ1n) is 9.32. The minimum Gasteiger partial charge on any atom is -0.398 e. The monoisotopic (exact) mass is 354 g/mol. The van der Waals surface area contributed by atoms with Gasteiger partial charge in [-0.3, -0.25) is 0 Å². The van der Waals surface area contributed by atoms with Gasteiger partial charge >= 0.3 is 0 Å². The molecule has 0 spiro atoms. The highest BCUT2D eigenvalue weighted by molar-refractivity contribution is 5.76. The number of tetrazole rings is 1. The highest BCUT2D eigenvalue weighted by Crippen LogP contribution is 2.39. The van der Waals surface area contributed by atoms with Crippen LogP contribution in [0.25, 0.3) is 5.57 Å². The SMILES string of the molecule is CN(C)CCn1nnc(Cc2ccc(N)c(C3=CCC(C)(C)CC3)c2)n1. The Morgan fingerprint density at radius 2 is 2.08 bits per heavy atom. The van der Waals surface area contributed by atoms with Gasteiger partial charge in [0.2, 0.25) is 0 Å². The third kappa shape index (κ3) is 4.69. The molecule has 1 aromatic carbocycles. The van der Waals surface area contributed by atoms with Gasteiger partial charge in [0.05, 0.1) is 6.54 Å². The van der Waals surface area contributed by atoms with Crippen LogP contribution in [0.1, 0.15) is 50.1 Å². The molecule has 2 aromatic rings. The minimum atomic E-state index is 0.394. The summed E-state index contributed by atoms with van der Waals surface area (Å²) in [5.41, 5.74) is 11.2. The molecule has 0 unspecified atom stereocenters. The maximum Gasteiger partial charge on any atom is 0.179 e. The summed E-state index contributed by atoms with van der Waals surface area (Å²) >= 11 is 0. The summed E-state index contributed by atoms with van der Waals surface area (Å²) in [6.45, 7) is 6.29. The Hall–Kier alpha value is -2.21. The summed E-state index contributed by atoms with van der Waals surface area (Å²) in [5, 5.41) is 12.8. The largest absolute Gasteiger partial charge is 0.398 e. The van der Waals surface area contributed by atoms with Crippen molar-refractivity contribution in [2.45, 2.75) is 46.1 Å². The number of hydrogen-bond donors (Lipinski definition) is 1. The van der Waals surface area contributed by atoms with Crippen molar-refractivity contribution < 1.29 is 0 Å². The van der Waals surface area contributed by atoms with Gasteiger partial charge in [0.25, 0.3) is 0 Å². The molecule has 1 aromatic heterocycles. The summed E-state index contributed by atoms with van der Waals surface area (Å²) < 4.78 is 0. The Bertz CT molecular complexity index is 787. The van der Waals surface area contributed by atoms with E-state index in [4.69, 9.17) is 5.73 Å². The van der Waals surface area contributed by atoms with Crippen molar-refractivity contribution in [3.05, 3.63) is 41.2 Å². The Balaban J connectivity index is 1.73. The van der Waals surface area contributed by atoms with Crippen molar-refractivity contribution in [2.75, 3.05) is 26.4 Å². The number of nitrogen functional groups attached to an aromatic ring is 1. The average Bonchev–Trinajstić information content (AvgIpc) is 3.02. The molecule has 0 saturated heterocycles. The van der Waals surface area contributed by atoms with Crippen LogP contribution in [0.3, 0.4) is 0 Å². The van der Waals surface area contributed by atoms with E-state index in [1.165, 1.54) is 17.6 Å². The lowest BCUT2D eigenvalue weighted by molar-refractivity contribution is 0.335. The molecule has 6 heteroatoms. The van der Waals surface area contributed by atoms with E-state index in [0.717, 1.165) is 43.0 Å². The molecule has 1 aliphatic carbocycles. The average molecular weight is 355 g/mol. The third-order valence-electron chi connectivity index (χ3n) is 5.04. The van der Waals surface area contributed by atoms with Crippen LogP contribution >= 0.6 is 0 Å². The Morgan fingerprint density at radius 1 is 1.27 bits per heavy atom. The molecule has 2 N–H and O–H groups in total. The van der Waals surface area contributed by atoms with Crippen LogP contribution in [0.4, 0.5) is 5.69 Å². The summed E-state index contributed by atoms with van der Waals surface area (Å²) in [4.78, 5) is 3.77. The number of anilines is 1. The van der Waals surface area contributed by atoms with E-state index >= 15 is 0 Å². The van der Waals surface area contributed by atoms with Crippen molar-refractivity contribution >= 4 is 11.3 Å². The zero-order valence-corrected chi connectivity index (χ0v) is 16.4. The van der Waals surface area contributed by atoms with Gasteiger partial charge in [0.15, 0.2) is 5.82 Å². The molecule has 0 saturated carbocycles. The van der Waals surface area contributed by atoms with Crippen LogP contribution in [0.5, 0.6) is 0 Å². The third-order valence-corrected chi connectivity index (χ3v) is 5.04. The van der Waals surface area contributed by atoms with Crippen LogP contribution in [0.2, 0.25) is 0 Å². The second-order valence-corrected chi connectivity index (χ2v) is 8.30. The fourth-order valence-corrected chi connectivity index (χ4v) is 3.23. The molecule has 0 aliphatic heterocycles. The van der Waals surface area contributed by atoms with Gasteiger partial charge in [0.1, 0.15) is 0 Å². The van der Waals surface area contributed by atoms with Gasteiger partial charge in [-0.05, 0) is 67.3 Å². The highest BCUT2D eigenvalue weighted by Gasteiger charge is 2.22. The van der Waals surface area contributed by atoms with Gasteiger partial charge in [-0.25, -0.2) is 0 Å². The van der Waals surface area contributed by atoms with Crippen LogP contribution < -0.4 is 5.73 Å². The minimum absolute atomic E-state index is 0.394. The van der Waals surface area contributed by atoms with Crippen LogP contribution in [-0.4, -0.2) is 45.7 Å². The van der Waals surface area contributed by atoms with E-state index in [2.05, 4.69) is 52.4 Å². The molecule has 6 nitrogen and oxygen atoms in total. The van der Waals surface area contributed by atoms with Gasteiger partial charge in [-0.2, -0.15) is 4.80 Å². The normalized spacial score (nSPS) is 16.7. The van der Waals surface area contributed by atoms with E-state index in [1.807, 2.05) is 20.2 Å². The first-order valence-corrected chi connectivity index (χ1v) is 9.32. The molecule has 0 amide bonds. The molecular formula is C20H30N6. The number of benzene rings is 1. The lowest BCUT2D eigenvalue weighted by atomic mass is 9.76. The quantitative estimate of drug-likeness (QED) is 0.807. The second kappa shape index (κ2) is 7.58. The summed E-state index contributed by atoms with van der Waals surface area (Å²) in [7, 11) is 4.07. The molecule has 1 aliphatic rings. The van der Waals surface area contributed by atoms with Crippen molar-refractivity contribution in [3.8, 4) is 0 Å². The predicted molar refractivity (Wildman–Crippen MR) is 106 cm³/mol. The molecule has 26 heavy (non-hydrogen) atoms. The van der Waals surface area contributed by atoms with Crippen LogP contribution in [0.15, 0.2) is 24.3 Å². The smallest absolute Gasteiger partial charge is 0.179 e. The van der Waals surface area contributed by atoms with Gasteiger partial charge in [-0.1, -0.05) is 26.0 Å². The number of rotatable bonds is 6. The van der Waals surface area contributed by atoms with Gasteiger partial charge in [-0.15, -0.1) is 10.2 Å². The molecular weight excluding hydrogens is 324 g/mol. The first kappa shape index (κ1) is 18.6. The fraction of sp³-hybridized carbons (Fsp3) is 0.550. The molecule has 0 fully saturated rings. The summed E-state index contributed by atoms with van der Waals surface area (Å²) in [5.74, 6) is 0.748. The number of nitrogens with zero attached hydrogens (tertiary/aromatic N) is 5. The van der Waals surface area contributed by atoms with Crippen molar-refractivity contribution in [1.82, 2.24) is 25.1 Å². The maximum absolute atomic E-state index is 6.26. The van der Waals surface area contributed by atoms with Crippen LogP contribution in [0, 0.1) is 5.41 Å². The molecule has 0 bridgehead atoms. The van der Waals surface area contributed by atoms with Crippen LogP contribution in [-0.2, 0) is 13.0 Å². The molecule has 3 rings (SSSR count). The number of hydrogen-bond acceptors (Lipinski definition) is 5. The van der Waals surface area contributed by atoms with Gasteiger partial charge < -0.3 is 10.6 Å². The maximum atomic E-state index is 6.26. The first-order chi connectivity index (χ1) is 12.3. The zero-order valence-electron chi connectivity index (χ0n) is 16.4. The molecule has 0 radical (unpaired) electrons. The van der Waals surface area contributed by atoms with E-state index in [0.29, 0.717) is 11.8 Å². The van der Waals surface area contributed by atoms with Gasteiger partial charge in [0, 0.05) is 24.2 Å². The summed E-state index contributed by atoms with van der Waals surface area (Å²) in [6, 6.07) is 6.26. The van der Waals surface area contributed by atoms with Crippen molar-refractivity contribution in [3.63, 3.8) is 0 Å². The van der Waals surface area contributed by atoms with E-state index < -0.39 is 0 Å². The fourth-order valence-electron chi connectivity index (χ4n) is 3.23. The van der Waals surface area contributed by atoms with E-state index in [1.54, 1.807) is 4.80 Å². The van der Waals surface area contributed by atoms with Crippen molar-refractivity contribution in [2.24, 2.45) is 5.41 Å². The Labute approximate surface area is 156 Å². The Kier molecular flexibility index (Phi) is 5.41. The number of allylic oxidation sites excluding steroid dienone is 2. The lowest BCUT2D eigenvalue weighted by Gasteiger charge is -2.29. The van der Waals surface area contributed by atoms with E-state index in [-0.39, 0.29) is 0 Å². The second-order valence-electron chi connectivity index (χ2n) is 8.30. The number of likely N-dealkylation sites (N-methyl/N-ethyl adjacent to an activating group) is 1. The van der Waals surface area contributed by atoms with E-state index in [9.17, 15) is 0 Å². The zero-order chi connectivity index (χ0) is 18.7. The predicted octanol–water partition coefficient (Wildman–Crippen LogP) is 3.00. The molecule has 1 heterocycles. The topological polar surface area (TPSA) is 72.9 Å². The van der Waals surface area contributed by atoms with Crippen molar-refractivity contribution in [1.29, 1.82) is 0 Å². The Morgan fingerprint density at radius 3 is 2.77 bits per heavy atom. The standard InChI is InChI=1S/C20H30N6/c1-20(2)9-7-16(8-10-20)17-13-15(5-6-18(17)21)14-19-22-24-26(23-19)12-11-25(3)4/h5-7,13H,8-12,14,21H2,1-4H3.